The molecular formula is C37H39N3O9S. The molecule has 0 aliphatic carbocycles. The molecule has 4 heterocycles. The van der Waals surface area contributed by atoms with Crippen molar-refractivity contribution in [1.29, 1.82) is 0 Å². The van der Waals surface area contributed by atoms with E-state index >= 15 is 0 Å². The fourth-order valence-corrected chi connectivity index (χ4v) is 7.44. The standard InChI is InChI=1S/C37H39N3O9S/c1-43-22-48-30-18-23(20-46-31-13-6-7-16-45-31)17-29-33(30)39-32(35(38-29)44-2)27-11-8-12-28-34(27)50-40(36(28)41)19-25-14-15-26(49-25)21-47-37(42)24-9-4-3-5-10-24/h3-5,8-12,17-18,25-26,31H,6-7,13-16,19-22H2,1-2H3/t25-,26+,31?/m0/s1. The first-order valence-electron chi connectivity index (χ1n) is 16.7. The van der Waals surface area contributed by atoms with E-state index < -0.39 is 0 Å². The van der Waals surface area contributed by atoms with E-state index in [1.54, 1.807) is 42.4 Å². The van der Waals surface area contributed by atoms with Gasteiger partial charge in [0.25, 0.3) is 5.56 Å². The zero-order chi connectivity index (χ0) is 34.5. The molecule has 5 aromatic rings. The van der Waals surface area contributed by atoms with E-state index in [9.17, 15) is 9.59 Å². The fourth-order valence-electron chi connectivity index (χ4n) is 6.28. The lowest BCUT2D eigenvalue weighted by molar-refractivity contribution is -0.168. The molecule has 3 atom stereocenters. The number of carbonyl (C=O) groups is 1. The van der Waals surface area contributed by atoms with E-state index in [1.807, 2.05) is 36.4 Å². The number of methoxy groups -OCH3 is 2. The van der Waals surface area contributed by atoms with Crippen molar-refractivity contribution >= 4 is 38.6 Å². The minimum Gasteiger partial charge on any atom is -0.479 e. The van der Waals surface area contributed by atoms with Crippen LogP contribution in [0.3, 0.4) is 0 Å². The summed E-state index contributed by atoms with van der Waals surface area (Å²) in [5, 5.41) is 0.566. The van der Waals surface area contributed by atoms with Crippen LogP contribution in [-0.4, -0.2) is 72.6 Å². The maximum atomic E-state index is 13.6. The van der Waals surface area contributed by atoms with E-state index in [0.717, 1.165) is 42.4 Å². The molecule has 0 bridgehead atoms. The Kier molecular flexibility index (Phi) is 10.7. The number of ether oxygens (including phenoxy) is 7. The smallest absolute Gasteiger partial charge is 0.338 e. The average Bonchev–Trinajstić information content (AvgIpc) is 3.75. The number of benzene rings is 3. The number of carbonyl (C=O) groups excluding carboxylic acids is 1. The summed E-state index contributed by atoms with van der Waals surface area (Å²) in [6, 6.07) is 18.2. The molecule has 13 heteroatoms. The maximum Gasteiger partial charge on any atom is 0.338 e. The van der Waals surface area contributed by atoms with Gasteiger partial charge in [-0.05, 0) is 68.0 Å². The highest BCUT2D eigenvalue weighted by Gasteiger charge is 2.28. The second-order valence-corrected chi connectivity index (χ2v) is 13.3. The molecule has 2 aromatic heterocycles. The number of rotatable bonds is 13. The van der Waals surface area contributed by atoms with Gasteiger partial charge in [0.15, 0.2) is 18.8 Å². The van der Waals surface area contributed by atoms with Crippen molar-refractivity contribution in [3.63, 3.8) is 0 Å². The Bertz CT molecular complexity index is 2010. The Morgan fingerprint density at radius 1 is 1.00 bits per heavy atom. The summed E-state index contributed by atoms with van der Waals surface area (Å²) in [5.41, 5.74) is 3.54. The van der Waals surface area contributed by atoms with E-state index in [4.69, 9.17) is 43.1 Å². The predicted octanol–water partition coefficient (Wildman–Crippen LogP) is 6.11. The zero-order valence-electron chi connectivity index (χ0n) is 28.0. The highest BCUT2D eigenvalue weighted by atomic mass is 32.1. The molecule has 7 rings (SSSR count). The molecule has 2 fully saturated rings. The Hall–Kier alpha value is -4.40. The molecule has 0 radical (unpaired) electrons. The zero-order valence-corrected chi connectivity index (χ0v) is 28.8. The molecule has 0 saturated carbocycles. The number of fused-ring (bicyclic) bond motifs is 2. The van der Waals surface area contributed by atoms with Gasteiger partial charge in [-0.3, -0.25) is 8.75 Å². The van der Waals surface area contributed by atoms with Crippen LogP contribution in [0.25, 0.3) is 32.4 Å². The van der Waals surface area contributed by atoms with Gasteiger partial charge < -0.3 is 33.2 Å². The second-order valence-electron chi connectivity index (χ2n) is 12.3. The molecular weight excluding hydrogens is 662 g/mol. The Morgan fingerprint density at radius 3 is 2.66 bits per heavy atom. The summed E-state index contributed by atoms with van der Waals surface area (Å²) < 4.78 is 42.9. The van der Waals surface area contributed by atoms with Gasteiger partial charge in [0.05, 0.1) is 53.6 Å². The first-order valence-corrected chi connectivity index (χ1v) is 17.5. The van der Waals surface area contributed by atoms with Crippen LogP contribution in [0.15, 0.2) is 65.5 Å². The van der Waals surface area contributed by atoms with Crippen LogP contribution in [-0.2, 0) is 36.8 Å². The number of hydrogen-bond acceptors (Lipinski definition) is 12. The SMILES string of the molecule is COCOc1cc(COC2CCCCO2)cc2nc(OC)c(-c3cccc4c(=O)n(C[C@@H]5CC[C@H](COC(=O)c6ccccc6)O5)sc34)nc12. The molecule has 2 saturated heterocycles. The molecule has 2 aliphatic heterocycles. The van der Waals surface area contributed by atoms with Crippen LogP contribution in [0.4, 0.5) is 0 Å². The Balaban J connectivity index is 1.13. The Labute approximate surface area is 293 Å². The van der Waals surface area contributed by atoms with Crippen molar-refractivity contribution in [2.24, 2.45) is 0 Å². The Morgan fingerprint density at radius 2 is 1.86 bits per heavy atom. The molecule has 3 aromatic carbocycles. The summed E-state index contributed by atoms with van der Waals surface area (Å²) in [7, 11) is 3.11. The molecule has 0 amide bonds. The number of nitrogens with zero attached hydrogens (tertiary/aromatic N) is 3. The van der Waals surface area contributed by atoms with Gasteiger partial charge in [-0.1, -0.05) is 41.9 Å². The van der Waals surface area contributed by atoms with Gasteiger partial charge in [0.1, 0.15) is 17.8 Å². The normalized spacial score (nSPS) is 19.2. The maximum absolute atomic E-state index is 13.6. The molecule has 0 spiro atoms. The fraction of sp³-hybridized carbons (Fsp3) is 0.405. The van der Waals surface area contributed by atoms with Gasteiger partial charge in [0.2, 0.25) is 5.88 Å². The lowest BCUT2D eigenvalue weighted by atomic mass is 10.1. The number of esters is 1. The van der Waals surface area contributed by atoms with Crippen LogP contribution in [0.1, 0.15) is 48.0 Å². The summed E-state index contributed by atoms with van der Waals surface area (Å²) in [6.07, 6.45) is 3.80. The van der Waals surface area contributed by atoms with Crippen LogP contribution in [0.5, 0.6) is 11.6 Å². The third-order valence-corrected chi connectivity index (χ3v) is 9.92. The highest BCUT2D eigenvalue weighted by Crippen LogP contribution is 2.38. The van der Waals surface area contributed by atoms with Gasteiger partial charge in [-0.25, -0.2) is 14.8 Å². The summed E-state index contributed by atoms with van der Waals surface area (Å²) in [6.45, 7) is 1.58. The summed E-state index contributed by atoms with van der Waals surface area (Å²) in [4.78, 5) is 35.9. The van der Waals surface area contributed by atoms with E-state index in [2.05, 4.69) is 0 Å². The lowest BCUT2D eigenvalue weighted by Gasteiger charge is -2.23. The van der Waals surface area contributed by atoms with Crippen LogP contribution in [0, 0.1) is 0 Å². The van der Waals surface area contributed by atoms with Crippen LogP contribution < -0.4 is 15.0 Å². The minimum atomic E-state index is -0.380. The predicted molar refractivity (Wildman–Crippen MR) is 187 cm³/mol. The van der Waals surface area contributed by atoms with Gasteiger partial charge >= 0.3 is 5.97 Å². The van der Waals surface area contributed by atoms with Crippen LogP contribution >= 0.6 is 11.5 Å². The lowest BCUT2D eigenvalue weighted by Crippen LogP contribution is -2.24. The van der Waals surface area contributed by atoms with Crippen molar-refractivity contribution in [3.05, 3.63) is 82.1 Å². The largest absolute Gasteiger partial charge is 0.479 e. The minimum absolute atomic E-state index is 0.0216. The number of hydrogen-bond donors (Lipinski definition) is 0. The third kappa shape index (κ3) is 7.52. The van der Waals surface area contributed by atoms with Crippen molar-refractivity contribution in [2.75, 3.05) is 34.2 Å². The van der Waals surface area contributed by atoms with Crippen LogP contribution in [0.2, 0.25) is 0 Å². The van der Waals surface area contributed by atoms with Gasteiger partial charge in [0, 0.05) is 19.3 Å². The second kappa shape index (κ2) is 15.7. The van der Waals surface area contributed by atoms with Gasteiger partial charge in [-0.15, -0.1) is 0 Å². The monoisotopic (exact) mass is 701 g/mol. The third-order valence-electron chi connectivity index (χ3n) is 8.77. The molecule has 2 aliphatic rings. The van der Waals surface area contributed by atoms with Crippen molar-refractivity contribution in [3.8, 4) is 22.9 Å². The molecule has 50 heavy (non-hydrogen) atoms. The van der Waals surface area contributed by atoms with Crippen molar-refractivity contribution in [1.82, 2.24) is 13.9 Å². The van der Waals surface area contributed by atoms with Crippen molar-refractivity contribution < 1.29 is 38.0 Å². The molecule has 12 nitrogen and oxygen atoms in total. The first-order chi connectivity index (χ1) is 24.5. The van der Waals surface area contributed by atoms with E-state index in [1.165, 1.54) is 11.5 Å². The van der Waals surface area contributed by atoms with E-state index in [0.29, 0.717) is 64.6 Å². The molecule has 0 N–H and O–H groups in total. The van der Waals surface area contributed by atoms with Gasteiger partial charge in [-0.2, -0.15) is 0 Å². The first kappa shape index (κ1) is 34.1. The molecule has 262 valence electrons. The quantitative estimate of drug-likeness (QED) is 0.104. The number of aromatic nitrogens is 3. The summed E-state index contributed by atoms with van der Waals surface area (Å²) in [5.74, 6) is 0.426. The molecule has 1 unspecified atom stereocenters. The van der Waals surface area contributed by atoms with Crippen molar-refractivity contribution in [2.45, 2.75) is 63.8 Å². The summed E-state index contributed by atoms with van der Waals surface area (Å²) >= 11 is 1.35. The van der Waals surface area contributed by atoms with E-state index in [-0.39, 0.29) is 43.4 Å². The highest BCUT2D eigenvalue weighted by molar-refractivity contribution is 7.14. The topological polar surface area (TPSA) is 129 Å². The average molecular weight is 702 g/mol.